The molecule has 0 atom stereocenters. The maximum atomic E-state index is 5.30. The Kier molecular flexibility index (Phi) is 5.50. The molecule has 0 unspecified atom stereocenters. The number of benzene rings is 6. The van der Waals surface area contributed by atoms with E-state index in [4.69, 9.17) is 9.97 Å². The lowest BCUT2D eigenvalue weighted by molar-refractivity contribution is 0.658. The highest BCUT2D eigenvalue weighted by atomic mass is 32.1. The van der Waals surface area contributed by atoms with Crippen LogP contribution in [0, 0.1) is 0 Å². The maximum absolute atomic E-state index is 5.30. The van der Waals surface area contributed by atoms with Crippen molar-refractivity contribution in [2.75, 3.05) is 0 Å². The number of hydrogen-bond donors (Lipinski definition) is 0. The Morgan fingerprint density at radius 1 is 0.553 bits per heavy atom. The fraction of sp³-hybridized carbons (Fsp3) is 0.0698. The third-order valence-electron chi connectivity index (χ3n) is 10.00. The van der Waals surface area contributed by atoms with E-state index < -0.39 is 0 Å². The number of para-hydroxylation sites is 1. The third-order valence-corrected chi connectivity index (χ3v) is 11.2. The molecule has 3 nitrogen and oxygen atoms in total. The minimum Gasteiger partial charge on any atom is -0.308 e. The second-order valence-electron chi connectivity index (χ2n) is 13.0. The first-order chi connectivity index (χ1) is 23.1. The van der Waals surface area contributed by atoms with Crippen molar-refractivity contribution in [3.63, 3.8) is 0 Å². The van der Waals surface area contributed by atoms with E-state index in [0.29, 0.717) is 0 Å². The van der Waals surface area contributed by atoms with Crippen LogP contribution in [0.3, 0.4) is 0 Å². The smallest absolute Gasteiger partial charge is 0.160 e. The number of rotatable bonds is 3. The average Bonchev–Trinajstić information content (AvgIpc) is 3.74. The average molecular weight is 620 g/mol. The Labute approximate surface area is 276 Å². The molecule has 10 rings (SSSR count). The molecule has 222 valence electrons. The van der Waals surface area contributed by atoms with Gasteiger partial charge in [0.15, 0.2) is 5.82 Å². The summed E-state index contributed by atoms with van der Waals surface area (Å²) < 4.78 is 5.09. The molecule has 6 aromatic carbocycles. The highest BCUT2D eigenvalue weighted by molar-refractivity contribution is 7.26. The standard InChI is InChI=1S/C43H29N3S/c1-43(2)34-17-9-6-16-33(34)39-37(43)38(44-42(45-39)27-12-4-3-5-13-27)26-20-22-28(23-21-26)46-35-18-10-7-14-29(35)31-24-25-32-30-15-8-11-19-36(30)47-41(32)40(31)46/h3-25H,1-2H3. The van der Waals surface area contributed by atoms with Crippen LogP contribution in [0.1, 0.15) is 25.0 Å². The summed E-state index contributed by atoms with van der Waals surface area (Å²) in [6.45, 7) is 4.60. The van der Waals surface area contributed by atoms with Crippen molar-refractivity contribution in [3.8, 4) is 39.6 Å². The molecule has 4 heteroatoms. The zero-order chi connectivity index (χ0) is 31.3. The summed E-state index contributed by atoms with van der Waals surface area (Å²) in [6, 6.07) is 50.2. The number of aromatic nitrogens is 3. The molecule has 9 aromatic rings. The van der Waals surface area contributed by atoms with Gasteiger partial charge < -0.3 is 4.57 Å². The Morgan fingerprint density at radius 3 is 2.09 bits per heavy atom. The van der Waals surface area contributed by atoms with Crippen molar-refractivity contribution in [1.29, 1.82) is 0 Å². The van der Waals surface area contributed by atoms with E-state index in [1.165, 1.54) is 58.7 Å². The highest BCUT2D eigenvalue weighted by Crippen LogP contribution is 2.51. The van der Waals surface area contributed by atoms with Crippen LogP contribution in [0.5, 0.6) is 0 Å². The summed E-state index contributed by atoms with van der Waals surface area (Å²) in [6.07, 6.45) is 0. The molecule has 0 amide bonds. The van der Waals surface area contributed by atoms with Gasteiger partial charge in [0.1, 0.15) is 0 Å². The lowest BCUT2D eigenvalue weighted by atomic mass is 9.81. The lowest BCUT2D eigenvalue weighted by Gasteiger charge is -2.24. The first-order valence-electron chi connectivity index (χ1n) is 16.1. The molecule has 0 N–H and O–H groups in total. The van der Waals surface area contributed by atoms with Crippen LogP contribution >= 0.6 is 11.3 Å². The van der Waals surface area contributed by atoms with E-state index in [0.717, 1.165) is 34.0 Å². The molecular formula is C43H29N3S. The molecule has 47 heavy (non-hydrogen) atoms. The number of thiophene rings is 1. The predicted molar refractivity (Wildman–Crippen MR) is 198 cm³/mol. The Bertz CT molecular complexity index is 2700. The Morgan fingerprint density at radius 2 is 1.23 bits per heavy atom. The van der Waals surface area contributed by atoms with Gasteiger partial charge in [-0.3, -0.25) is 0 Å². The number of nitrogens with zero attached hydrogens (tertiary/aromatic N) is 3. The summed E-state index contributed by atoms with van der Waals surface area (Å²) >= 11 is 1.88. The molecule has 3 heterocycles. The van der Waals surface area contributed by atoms with Crippen LogP contribution in [0.15, 0.2) is 140 Å². The Balaban J connectivity index is 1.21. The Hall–Kier alpha value is -5.58. The summed E-state index contributed by atoms with van der Waals surface area (Å²) in [5.74, 6) is 0.755. The van der Waals surface area contributed by atoms with E-state index in [-0.39, 0.29) is 5.41 Å². The van der Waals surface area contributed by atoms with E-state index in [2.05, 4.69) is 152 Å². The van der Waals surface area contributed by atoms with Crippen LogP contribution in [-0.2, 0) is 5.41 Å². The molecule has 3 aromatic heterocycles. The normalized spacial score (nSPS) is 13.5. The summed E-state index contributed by atoms with van der Waals surface area (Å²) in [4.78, 5) is 10.5. The van der Waals surface area contributed by atoms with Crippen LogP contribution in [0.2, 0.25) is 0 Å². The van der Waals surface area contributed by atoms with Crippen LogP contribution in [0.25, 0.3) is 81.6 Å². The summed E-state index contributed by atoms with van der Waals surface area (Å²) in [7, 11) is 0. The van der Waals surface area contributed by atoms with Crippen molar-refractivity contribution in [3.05, 3.63) is 151 Å². The highest BCUT2D eigenvalue weighted by Gasteiger charge is 2.40. The van der Waals surface area contributed by atoms with Gasteiger partial charge in [-0.2, -0.15) is 0 Å². The predicted octanol–water partition coefficient (Wildman–Crippen LogP) is 11.6. The number of hydrogen-bond acceptors (Lipinski definition) is 3. The van der Waals surface area contributed by atoms with E-state index in [1.54, 1.807) is 0 Å². The number of fused-ring (bicyclic) bond motifs is 10. The van der Waals surface area contributed by atoms with Crippen molar-refractivity contribution < 1.29 is 0 Å². The molecule has 0 aliphatic heterocycles. The van der Waals surface area contributed by atoms with Gasteiger partial charge in [-0.25, -0.2) is 9.97 Å². The van der Waals surface area contributed by atoms with Crippen molar-refractivity contribution in [2.24, 2.45) is 0 Å². The van der Waals surface area contributed by atoms with Crippen molar-refractivity contribution in [1.82, 2.24) is 14.5 Å². The molecular weight excluding hydrogens is 591 g/mol. The van der Waals surface area contributed by atoms with Gasteiger partial charge in [0.05, 0.1) is 27.1 Å². The zero-order valence-electron chi connectivity index (χ0n) is 26.0. The molecule has 0 saturated carbocycles. The quantitative estimate of drug-likeness (QED) is 0.197. The van der Waals surface area contributed by atoms with Gasteiger partial charge in [-0.05, 0) is 29.8 Å². The van der Waals surface area contributed by atoms with Crippen LogP contribution < -0.4 is 0 Å². The van der Waals surface area contributed by atoms with Gasteiger partial charge in [-0.1, -0.05) is 129 Å². The minimum atomic E-state index is -0.227. The van der Waals surface area contributed by atoms with E-state index in [1.807, 2.05) is 17.4 Å². The molecule has 1 aliphatic carbocycles. The molecule has 0 bridgehead atoms. The van der Waals surface area contributed by atoms with Crippen molar-refractivity contribution in [2.45, 2.75) is 19.3 Å². The summed E-state index contributed by atoms with van der Waals surface area (Å²) in [5, 5.41) is 5.18. The zero-order valence-corrected chi connectivity index (χ0v) is 26.8. The van der Waals surface area contributed by atoms with Crippen LogP contribution in [0.4, 0.5) is 0 Å². The topological polar surface area (TPSA) is 30.7 Å². The third kappa shape index (κ3) is 3.73. The first kappa shape index (κ1) is 26.6. The van der Waals surface area contributed by atoms with E-state index >= 15 is 0 Å². The van der Waals surface area contributed by atoms with Gasteiger partial charge >= 0.3 is 0 Å². The van der Waals surface area contributed by atoms with E-state index in [9.17, 15) is 0 Å². The molecule has 0 fully saturated rings. The van der Waals surface area contributed by atoms with Gasteiger partial charge in [0, 0.05) is 59.6 Å². The van der Waals surface area contributed by atoms with Crippen molar-refractivity contribution >= 4 is 53.3 Å². The maximum Gasteiger partial charge on any atom is 0.160 e. The second-order valence-corrected chi connectivity index (χ2v) is 14.0. The largest absolute Gasteiger partial charge is 0.308 e. The minimum absolute atomic E-state index is 0.227. The molecule has 0 radical (unpaired) electrons. The molecule has 0 spiro atoms. The fourth-order valence-electron chi connectivity index (χ4n) is 7.81. The van der Waals surface area contributed by atoms with Crippen LogP contribution in [-0.4, -0.2) is 14.5 Å². The monoisotopic (exact) mass is 619 g/mol. The van der Waals surface area contributed by atoms with Gasteiger partial charge in [0.2, 0.25) is 0 Å². The van der Waals surface area contributed by atoms with Gasteiger partial charge in [-0.15, -0.1) is 11.3 Å². The SMILES string of the molecule is CC1(C)c2ccccc2-c2nc(-c3ccccc3)nc(-c3ccc(-n4c5ccccc5c5ccc6c7ccccc7sc6c54)cc3)c21. The lowest BCUT2D eigenvalue weighted by Crippen LogP contribution is -2.17. The fourth-order valence-corrected chi connectivity index (χ4v) is 9.05. The molecule has 0 saturated heterocycles. The van der Waals surface area contributed by atoms with Gasteiger partial charge in [0.25, 0.3) is 0 Å². The second kappa shape index (κ2) is 9.71. The first-order valence-corrected chi connectivity index (χ1v) is 16.9. The summed E-state index contributed by atoms with van der Waals surface area (Å²) in [5.41, 5.74) is 11.2. The molecule has 1 aliphatic rings.